The van der Waals surface area contributed by atoms with Crippen LogP contribution in [0.25, 0.3) is 0 Å². The minimum atomic E-state index is 0.650. The van der Waals surface area contributed by atoms with Gasteiger partial charge in [0.05, 0.1) is 0 Å². The highest BCUT2D eigenvalue weighted by molar-refractivity contribution is 7.80. The first-order valence-corrected chi connectivity index (χ1v) is 8.63. The third-order valence-corrected chi connectivity index (χ3v) is 4.28. The molecule has 22 heavy (non-hydrogen) atoms. The van der Waals surface area contributed by atoms with Crippen LogP contribution in [0.2, 0.25) is 0 Å². The van der Waals surface area contributed by atoms with Crippen molar-refractivity contribution in [1.82, 2.24) is 15.2 Å². The zero-order chi connectivity index (χ0) is 15.9. The zero-order valence-corrected chi connectivity index (χ0v) is 14.7. The molecule has 0 saturated carbocycles. The Morgan fingerprint density at radius 1 is 1.32 bits per heavy atom. The van der Waals surface area contributed by atoms with E-state index in [0.29, 0.717) is 5.11 Å². The second kappa shape index (κ2) is 8.44. The van der Waals surface area contributed by atoms with E-state index >= 15 is 0 Å². The number of nitrogens with one attached hydrogen (secondary N) is 2. The van der Waals surface area contributed by atoms with Crippen molar-refractivity contribution in [2.24, 2.45) is 11.8 Å². The number of hydrogen-bond donors (Lipinski definition) is 2. The van der Waals surface area contributed by atoms with E-state index in [9.17, 15) is 0 Å². The fraction of sp³-hybridized carbons (Fsp3) is 0.647. The van der Waals surface area contributed by atoms with E-state index in [1.807, 2.05) is 25.3 Å². The fourth-order valence-electron chi connectivity index (χ4n) is 3.18. The number of rotatable bonds is 5. The van der Waals surface area contributed by atoms with E-state index in [1.54, 1.807) is 0 Å². The molecule has 1 aliphatic rings. The standard InChI is InChI=1S/C17H28N4S/c1-13-5-6-16(19-10-13)20-17(22)18-7-4-8-21-11-14(2)9-15(3)12-21/h5-6,10,14-15H,4,7-9,11-12H2,1-3H3,(H2,18,19,20,22)/t14-,15+. The molecule has 0 aliphatic carbocycles. The molecule has 0 aromatic carbocycles. The van der Waals surface area contributed by atoms with Crippen molar-refractivity contribution < 1.29 is 0 Å². The van der Waals surface area contributed by atoms with Gasteiger partial charge in [-0.05, 0) is 62.0 Å². The summed E-state index contributed by atoms with van der Waals surface area (Å²) in [6.07, 6.45) is 4.32. The van der Waals surface area contributed by atoms with Crippen LogP contribution in [-0.4, -0.2) is 41.2 Å². The Bertz CT molecular complexity index is 464. The number of aromatic nitrogens is 1. The minimum Gasteiger partial charge on any atom is -0.362 e. The van der Waals surface area contributed by atoms with Crippen molar-refractivity contribution in [3.63, 3.8) is 0 Å². The predicted molar refractivity (Wildman–Crippen MR) is 97.2 cm³/mol. The van der Waals surface area contributed by atoms with E-state index in [1.165, 1.54) is 19.5 Å². The molecule has 0 radical (unpaired) electrons. The molecule has 122 valence electrons. The SMILES string of the molecule is Cc1ccc(NC(=S)NCCCN2C[C@H](C)C[C@H](C)C2)nc1. The van der Waals surface area contributed by atoms with Gasteiger partial charge in [0.1, 0.15) is 5.82 Å². The molecule has 1 fully saturated rings. The number of thiocarbonyl (C=S) groups is 1. The van der Waals surface area contributed by atoms with Crippen molar-refractivity contribution in [3.8, 4) is 0 Å². The van der Waals surface area contributed by atoms with E-state index in [4.69, 9.17) is 12.2 Å². The summed E-state index contributed by atoms with van der Waals surface area (Å²) in [5.41, 5.74) is 1.15. The maximum atomic E-state index is 5.30. The van der Waals surface area contributed by atoms with Crippen LogP contribution in [0, 0.1) is 18.8 Å². The Hall–Kier alpha value is -1.20. The topological polar surface area (TPSA) is 40.2 Å². The van der Waals surface area contributed by atoms with Crippen LogP contribution in [0.5, 0.6) is 0 Å². The highest BCUT2D eigenvalue weighted by atomic mass is 32.1. The van der Waals surface area contributed by atoms with Crippen LogP contribution in [0.3, 0.4) is 0 Å². The van der Waals surface area contributed by atoms with Gasteiger partial charge in [0.25, 0.3) is 0 Å². The molecule has 4 nitrogen and oxygen atoms in total. The average Bonchev–Trinajstić information content (AvgIpc) is 2.45. The third kappa shape index (κ3) is 5.89. The molecule has 1 aromatic heterocycles. The monoisotopic (exact) mass is 320 g/mol. The van der Waals surface area contributed by atoms with Crippen LogP contribution in [0.1, 0.15) is 32.3 Å². The molecule has 1 aromatic rings. The Morgan fingerprint density at radius 2 is 2.05 bits per heavy atom. The second-order valence-electron chi connectivity index (χ2n) is 6.66. The summed E-state index contributed by atoms with van der Waals surface area (Å²) in [7, 11) is 0. The van der Waals surface area contributed by atoms with E-state index in [0.717, 1.165) is 42.7 Å². The number of piperidine rings is 1. The molecule has 0 unspecified atom stereocenters. The van der Waals surface area contributed by atoms with Crippen LogP contribution >= 0.6 is 12.2 Å². The summed E-state index contributed by atoms with van der Waals surface area (Å²) in [6.45, 7) is 11.3. The van der Waals surface area contributed by atoms with Crippen LogP contribution < -0.4 is 10.6 Å². The lowest BCUT2D eigenvalue weighted by Crippen LogP contribution is -2.40. The lowest BCUT2D eigenvalue weighted by atomic mass is 9.92. The lowest BCUT2D eigenvalue weighted by Gasteiger charge is -2.34. The van der Waals surface area contributed by atoms with Gasteiger partial charge < -0.3 is 15.5 Å². The number of pyridine rings is 1. The van der Waals surface area contributed by atoms with E-state index in [2.05, 4.69) is 34.4 Å². The van der Waals surface area contributed by atoms with Gasteiger partial charge in [-0.15, -0.1) is 0 Å². The largest absolute Gasteiger partial charge is 0.362 e. The van der Waals surface area contributed by atoms with Gasteiger partial charge in [0.2, 0.25) is 0 Å². The highest BCUT2D eigenvalue weighted by Crippen LogP contribution is 2.20. The fourth-order valence-corrected chi connectivity index (χ4v) is 3.39. The number of likely N-dealkylation sites (tertiary alicyclic amines) is 1. The van der Waals surface area contributed by atoms with Gasteiger partial charge in [-0.25, -0.2) is 4.98 Å². The number of anilines is 1. The van der Waals surface area contributed by atoms with Gasteiger partial charge in [-0.3, -0.25) is 0 Å². The quantitative estimate of drug-likeness (QED) is 0.644. The van der Waals surface area contributed by atoms with Crippen LogP contribution in [0.4, 0.5) is 5.82 Å². The number of nitrogens with zero attached hydrogens (tertiary/aromatic N) is 2. The van der Waals surface area contributed by atoms with Gasteiger partial charge in [0.15, 0.2) is 5.11 Å². The molecule has 1 aliphatic heterocycles. The van der Waals surface area contributed by atoms with E-state index in [-0.39, 0.29) is 0 Å². The molecule has 0 spiro atoms. The number of hydrogen-bond acceptors (Lipinski definition) is 3. The highest BCUT2D eigenvalue weighted by Gasteiger charge is 2.20. The van der Waals surface area contributed by atoms with Crippen molar-refractivity contribution in [1.29, 1.82) is 0 Å². The van der Waals surface area contributed by atoms with Crippen molar-refractivity contribution in [3.05, 3.63) is 23.9 Å². The molecule has 2 rings (SSSR count). The summed E-state index contributed by atoms with van der Waals surface area (Å²) >= 11 is 5.30. The molecule has 2 N–H and O–H groups in total. The summed E-state index contributed by atoms with van der Waals surface area (Å²) in [6, 6.07) is 3.97. The van der Waals surface area contributed by atoms with Crippen molar-refractivity contribution >= 4 is 23.1 Å². The predicted octanol–water partition coefficient (Wildman–Crippen LogP) is 3.04. The van der Waals surface area contributed by atoms with Gasteiger partial charge >= 0.3 is 0 Å². The maximum absolute atomic E-state index is 5.30. The van der Waals surface area contributed by atoms with E-state index < -0.39 is 0 Å². The minimum absolute atomic E-state index is 0.650. The van der Waals surface area contributed by atoms with Crippen molar-refractivity contribution in [2.75, 3.05) is 31.5 Å². The zero-order valence-electron chi connectivity index (χ0n) is 13.9. The smallest absolute Gasteiger partial charge is 0.171 e. The molecule has 0 amide bonds. The molecule has 5 heteroatoms. The van der Waals surface area contributed by atoms with Crippen molar-refractivity contribution in [2.45, 2.75) is 33.6 Å². The Balaban J connectivity index is 1.62. The Kier molecular flexibility index (Phi) is 6.58. The normalized spacial score (nSPS) is 22.3. The Labute approximate surface area is 139 Å². The molecule has 1 saturated heterocycles. The lowest BCUT2D eigenvalue weighted by molar-refractivity contribution is 0.140. The first kappa shape index (κ1) is 17.2. The van der Waals surface area contributed by atoms with Crippen LogP contribution in [0.15, 0.2) is 18.3 Å². The summed E-state index contributed by atoms with van der Waals surface area (Å²) in [5, 5.41) is 7.03. The summed E-state index contributed by atoms with van der Waals surface area (Å²) in [4.78, 5) is 6.87. The van der Waals surface area contributed by atoms with Gasteiger partial charge in [-0.2, -0.15) is 0 Å². The maximum Gasteiger partial charge on any atom is 0.171 e. The average molecular weight is 321 g/mol. The molecule has 2 heterocycles. The third-order valence-electron chi connectivity index (χ3n) is 4.03. The van der Waals surface area contributed by atoms with Crippen LogP contribution in [-0.2, 0) is 0 Å². The Morgan fingerprint density at radius 3 is 2.68 bits per heavy atom. The molecular formula is C17H28N4S. The van der Waals surface area contributed by atoms with Gasteiger partial charge in [0, 0.05) is 25.8 Å². The van der Waals surface area contributed by atoms with Gasteiger partial charge in [-0.1, -0.05) is 19.9 Å². The molecular weight excluding hydrogens is 292 g/mol. The summed E-state index contributed by atoms with van der Waals surface area (Å²) in [5.74, 6) is 2.45. The molecule has 2 atom stereocenters. The number of aryl methyl sites for hydroxylation is 1. The first-order chi connectivity index (χ1) is 10.5. The second-order valence-corrected chi connectivity index (χ2v) is 7.07. The molecule has 0 bridgehead atoms. The first-order valence-electron chi connectivity index (χ1n) is 8.23. The summed E-state index contributed by atoms with van der Waals surface area (Å²) < 4.78 is 0.